The van der Waals surface area contributed by atoms with Crippen molar-refractivity contribution in [2.24, 2.45) is 17.8 Å². The summed E-state index contributed by atoms with van der Waals surface area (Å²) in [5, 5.41) is 18.9. The molecule has 0 radical (unpaired) electrons. The Kier molecular flexibility index (Phi) is 5.66. The van der Waals surface area contributed by atoms with Crippen molar-refractivity contribution in [2.45, 2.75) is 96.2 Å². The summed E-state index contributed by atoms with van der Waals surface area (Å²) < 4.78 is 6.90. The Morgan fingerprint density at radius 2 is 1.91 bits per heavy atom. The zero-order valence-electron chi connectivity index (χ0n) is 20.6. The number of aromatic nitrogens is 6. The average molecular weight is 482 g/mol. The quantitative estimate of drug-likeness (QED) is 0.461. The van der Waals surface area contributed by atoms with E-state index in [0.717, 1.165) is 24.4 Å². The molecule has 10 nitrogen and oxygen atoms in total. The molecular weight excluding hydrogens is 446 g/mol. The third kappa shape index (κ3) is 4.15. The molecule has 3 aliphatic carbocycles. The van der Waals surface area contributed by atoms with Crippen LogP contribution in [-0.2, 0) is 12.1 Å². The molecule has 188 valence electrons. The van der Waals surface area contributed by atoms with Crippen LogP contribution in [0.15, 0.2) is 9.32 Å². The van der Waals surface area contributed by atoms with E-state index in [1.165, 1.54) is 44.9 Å². The molecule has 3 aromatic rings. The topological polar surface area (TPSA) is 135 Å². The lowest BCUT2D eigenvalue weighted by Crippen LogP contribution is -2.37. The van der Waals surface area contributed by atoms with Gasteiger partial charge >= 0.3 is 5.76 Å². The minimum absolute atomic E-state index is 0.177. The van der Waals surface area contributed by atoms with Gasteiger partial charge in [0.15, 0.2) is 11.5 Å². The maximum atomic E-state index is 11.6. The van der Waals surface area contributed by atoms with Crippen molar-refractivity contribution in [1.82, 2.24) is 29.7 Å². The average Bonchev–Trinajstić information content (AvgIpc) is 3.36. The van der Waals surface area contributed by atoms with Gasteiger partial charge in [0.05, 0.1) is 0 Å². The van der Waals surface area contributed by atoms with Gasteiger partial charge in [-0.2, -0.15) is 0 Å². The van der Waals surface area contributed by atoms with Crippen molar-refractivity contribution in [3.8, 4) is 11.6 Å². The highest BCUT2D eigenvalue weighted by molar-refractivity contribution is 5.86. The Morgan fingerprint density at radius 3 is 2.51 bits per heavy atom. The number of anilines is 1. The molecular formula is C25H35N7O3. The van der Waals surface area contributed by atoms with Crippen LogP contribution < -0.4 is 11.1 Å². The Labute approximate surface area is 203 Å². The van der Waals surface area contributed by atoms with Crippen LogP contribution in [0.1, 0.15) is 83.9 Å². The molecule has 35 heavy (non-hydrogen) atoms. The van der Waals surface area contributed by atoms with Crippen molar-refractivity contribution >= 4 is 17.0 Å². The second-order valence-corrected chi connectivity index (χ2v) is 11.2. The normalized spacial score (nSPS) is 25.2. The molecule has 3 fully saturated rings. The summed E-state index contributed by atoms with van der Waals surface area (Å²) in [5.74, 6) is 3.07. The number of rotatable bonds is 7. The fourth-order valence-corrected chi connectivity index (χ4v) is 5.88. The van der Waals surface area contributed by atoms with E-state index in [1.54, 1.807) is 0 Å². The second kappa shape index (κ2) is 8.72. The first kappa shape index (κ1) is 22.7. The number of nitrogens with zero attached hydrogens (tertiary/aromatic N) is 5. The summed E-state index contributed by atoms with van der Waals surface area (Å²) in [6, 6.07) is 0.236. The maximum absolute atomic E-state index is 11.6. The number of hydrogen-bond acceptors (Lipinski definition) is 8. The van der Waals surface area contributed by atoms with Crippen LogP contribution in [0.2, 0.25) is 0 Å². The zero-order valence-corrected chi connectivity index (χ0v) is 20.6. The molecule has 6 rings (SSSR count). The molecule has 0 spiro atoms. The van der Waals surface area contributed by atoms with E-state index in [2.05, 4.69) is 38.9 Å². The SMILES string of the molecule is CC1CCC(Cn2c(C3(O)CCC3)nc3nc(-c4noc(=O)[nH]4)nc(NC(C)C4CCC4)c32)CC1. The summed E-state index contributed by atoms with van der Waals surface area (Å²) >= 11 is 0. The van der Waals surface area contributed by atoms with Crippen molar-refractivity contribution < 1.29 is 9.63 Å². The molecule has 0 amide bonds. The van der Waals surface area contributed by atoms with Gasteiger partial charge in [-0.15, -0.1) is 0 Å². The van der Waals surface area contributed by atoms with E-state index in [1.807, 2.05) is 0 Å². The van der Waals surface area contributed by atoms with Crippen molar-refractivity contribution in [3.05, 3.63) is 16.4 Å². The van der Waals surface area contributed by atoms with Gasteiger partial charge in [-0.3, -0.25) is 9.51 Å². The molecule has 1 atom stereocenters. The monoisotopic (exact) mass is 481 g/mol. The number of imidazole rings is 1. The molecule has 0 bridgehead atoms. The van der Waals surface area contributed by atoms with Crippen LogP contribution in [0.3, 0.4) is 0 Å². The van der Waals surface area contributed by atoms with E-state index in [-0.39, 0.29) is 17.7 Å². The number of H-pyrrole nitrogens is 1. The van der Waals surface area contributed by atoms with E-state index < -0.39 is 11.4 Å². The maximum Gasteiger partial charge on any atom is 0.439 e. The summed E-state index contributed by atoms with van der Waals surface area (Å²) in [6.45, 7) is 5.33. The fourth-order valence-electron chi connectivity index (χ4n) is 5.88. The summed E-state index contributed by atoms with van der Waals surface area (Å²) in [7, 11) is 0. The van der Waals surface area contributed by atoms with Gasteiger partial charge in [0.2, 0.25) is 11.6 Å². The molecule has 3 N–H and O–H groups in total. The van der Waals surface area contributed by atoms with E-state index >= 15 is 0 Å². The summed E-state index contributed by atoms with van der Waals surface area (Å²) in [6.07, 6.45) is 10.9. The molecule has 0 aromatic carbocycles. The highest BCUT2D eigenvalue weighted by Crippen LogP contribution is 2.43. The van der Waals surface area contributed by atoms with Gasteiger partial charge in [0.25, 0.3) is 0 Å². The Morgan fingerprint density at radius 1 is 1.14 bits per heavy atom. The third-order valence-electron chi connectivity index (χ3n) is 8.65. The number of aromatic amines is 1. The Hall–Kier alpha value is -2.75. The molecule has 3 aromatic heterocycles. The minimum atomic E-state index is -0.929. The smallest absolute Gasteiger partial charge is 0.382 e. The van der Waals surface area contributed by atoms with Crippen LogP contribution in [0.25, 0.3) is 22.8 Å². The number of nitrogens with one attached hydrogen (secondary N) is 2. The van der Waals surface area contributed by atoms with Crippen molar-refractivity contribution in [3.63, 3.8) is 0 Å². The molecule has 3 heterocycles. The molecule has 3 aliphatic rings. The highest BCUT2D eigenvalue weighted by atomic mass is 16.5. The molecule has 3 saturated carbocycles. The van der Waals surface area contributed by atoms with Crippen molar-refractivity contribution in [2.75, 3.05) is 5.32 Å². The van der Waals surface area contributed by atoms with Crippen LogP contribution in [0.5, 0.6) is 0 Å². The number of hydrogen-bond donors (Lipinski definition) is 3. The van der Waals surface area contributed by atoms with Gasteiger partial charge in [-0.05, 0) is 69.6 Å². The van der Waals surface area contributed by atoms with Crippen LogP contribution >= 0.6 is 0 Å². The lowest BCUT2D eigenvalue weighted by Gasteiger charge is -2.37. The Balaban J connectivity index is 1.48. The molecule has 0 aliphatic heterocycles. The van der Waals surface area contributed by atoms with Crippen LogP contribution in [0, 0.1) is 17.8 Å². The standard InChI is InChI=1S/C25H35N7O3/c1-14-7-9-16(10-8-14)13-32-18-19(26-15(2)17-5-3-6-17)27-21(22-30-24(33)35-31-22)28-20(18)29-23(32)25(34)11-4-12-25/h14-17,34H,3-13H2,1-2H3,(H,26,27,28)(H,30,31,33). The first-order valence-electron chi connectivity index (χ1n) is 13.2. The predicted molar refractivity (Wildman–Crippen MR) is 131 cm³/mol. The highest BCUT2D eigenvalue weighted by Gasteiger charge is 2.42. The zero-order chi connectivity index (χ0) is 24.2. The van der Waals surface area contributed by atoms with Crippen molar-refractivity contribution in [1.29, 1.82) is 0 Å². The minimum Gasteiger partial charge on any atom is -0.382 e. The van der Waals surface area contributed by atoms with E-state index in [4.69, 9.17) is 14.5 Å². The number of aliphatic hydroxyl groups is 1. The first-order chi connectivity index (χ1) is 16.9. The molecule has 10 heteroatoms. The lowest BCUT2D eigenvalue weighted by molar-refractivity contribution is -0.0497. The van der Waals surface area contributed by atoms with E-state index in [9.17, 15) is 9.90 Å². The summed E-state index contributed by atoms with van der Waals surface area (Å²) in [5.41, 5.74) is 0.420. The first-order valence-corrected chi connectivity index (χ1v) is 13.2. The molecule has 1 unspecified atom stereocenters. The van der Waals surface area contributed by atoms with Crippen LogP contribution in [0.4, 0.5) is 5.82 Å². The van der Waals surface area contributed by atoms with Gasteiger partial charge < -0.3 is 15.0 Å². The Bertz CT molecular complexity index is 1260. The van der Waals surface area contributed by atoms with Gasteiger partial charge in [-0.1, -0.05) is 31.3 Å². The van der Waals surface area contributed by atoms with Gasteiger partial charge in [-0.25, -0.2) is 19.7 Å². The predicted octanol–water partition coefficient (Wildman–Crippen LogP) is 3.97. The van der Waals surface area contributed by atoms with Crippen LogP contribution in [-0.4, -0.2) is 40.8 Å². The third-order valence-corrected chi connectivity index (χ3v) is 8.65. The number of fused-ring (bicyclic) bond motifs is 1. The fraction of sp³-hybridized carbons (Fsp3) is 0.720. The van der Waals surface area contributed by atoms with Gasteiger partial charge in [0.1, 0.15) is 16.9 Å². The van der Waals surface area contributed by atoms with E-state index in [0.29, 0.717) is 42.0 Å². The lowest BCUT2D eigenvalue weighted by atomic mass is 9.79. The summed E-state index contributed by atoms with van der Waals surface area (Å²) in [4.78, 5) is 28.5. The second-order valence-electron chi connectivity index (χ2n) is 11.2. The molecule has 0 saturated heterocycles. The largest absolute Gasteiger partial charge is 0.439 e. The van der Waals surface area contributed by atoms with Gasteiger partial charge in [0, 0.05) is 12.6 Å².